The van der Waals surface area contributed by atoms with Crippen molar-refractivity contribution in [3.8, 4) is 5.75 Å². The van der Waals surface area contributed by atoms with Crippen LogP contribution in [0.3, 0.4) is 0 Å². The van der Waals surface area contributed by atoms with E-state index >= 15 is 0 Å². The maximum absolute atomic E-state index is 11.4. The van der Waals surface area contributed by atoms with Gasteiger partial charge in [0.25, 0.3) is 0 Å². The molecule has 0 aliphatic heterocycles. The van der Waals surface area contributed by atoms with Crippen LogP contribution in [0.4, 0.5) is 5.69 Å². The highest BCUT2D eigenvalue weighted by molar-refractivity contribution is 6.12. The summed E-state index contributed by atoms with van der Waals surface area (Å²) in [5.74, 6) is -0.416. The van der Waals surface area contributed by atoms with Crippen molar-refractivity contribution in [2.24, 2.45) is 0 Å². The number of hydrogen-bond acceptors (Lipinski definition) is 5. The Bertz CT molecular complexity index is 926. The number of phenols is 1. The van der Waals surface area contributed by atoms with Crippen molar-refractivity contribution in [3.05, 3.63) is 56.4 Å². The van der Waals surface area contributed by atoms with E-state index in [1.165, 1.54) is 12.1 Å². The molecule has 0 bridgehead atoms. The van der Waals surface area contributed by atoms with Gasteiger partial charge in [-0.2, -0.15) is 0 Å². The van der Waals surface area contributed by atoms with Crippen molar-refractivity contribution in [1.29, 1.82) is 0 Å². The summed E-state index contributed by atoms with van der Waals surface area (Å²) in [7, 11) is 0. The fourth-order valence-corrected chi connectivity index (χ4v) is 2.42. The van der Waals surface area contributed by atoms with Gasteiger partial charge >= 0.3 is 11.3 Å². The fourth-order valence-electron chi connectivity index (χ4n) is 2.42. The summed E-state index contributed by atoms with van der Waals surface area (Å²) < 4.78 is 5.07. The summed E-state index contributed by atoms with van der Waals surface area (Å²) >= 11 is 0. The molecule has 0 saturated heterocycles. The second kappa shape index (κ2) is 4.06. The summed E-state index contributed by atoms with van der Waals surface area (Å²) in [4.78, 5) is 21.9. The molecule has 0 spiro atoms. The Morgan fingerprint density at radius 1 is 1.20 bits per heavy atom. The van der Waals surface area contributed by atoms with Crippen molar-refractivity contribution in [2.75, 3.05) is 0 Å². The summed E-state index contributed by atoms with van der Waals surface area (Å²) in [6, 6.07) is 7.34. The Morgan fingerprint density at radius 2 is 1.90 bits per heavy atom. The van der Waals surface area contributed by atoms with Gasteiger partial charge < -0.3 is 9.52 Å². The first-order valence-corrected chi connectivity index (χ1v) is 5.82. The molecule has 1 heterocycles. The van der Waals surface area contributed by atoms with Gasteiger partial charge in [0.05, 0.1) is 10.3 Å². The van der Waals surface area contributed by atoms with E-state index in [1.54, 1.807) is 25.1 Å². The number of rotatable bonds is 1. The molecule has 2 aromatic carbocycles. The molecule has 3 rings (SSSR count). The van der Waals surface area contributed by atoms with Crippen LogP contribution in [0.5, 0.6) is 5.75 Å². The van der Waals surface area contributed by atoms with E-state index in [1.807, 2.05) is 0 Å². The number of nitrogens with zero attached hydrogens (tertiary/aromatic N) is 1. The number of aryl methyl sites for hydroxylation is 1. The largest absolute Gasteiger partial charge is 0.502 e. The monoisotopic (exact) mass is 271 g/mol. The highest BCUT2D eigenvalue weighted by Gasteiger charge is 2.21. The Hall–Kier alpha value is -2.89. The van der Waals surface area contributed by atoms with E-state index in [9.17, 15) is 20.0 Å². The predicted molar refractivity (Wildman–Crippen MR) is 73.0 cm³/mol. The molecule has 6 heteroatoms. The molecule has 1 N–H and O–H groups in total. The predicted octanol–water partition coefficient (Wildman–Crippen LogP) is 2.87. The van der Waals surface area contributed by atoms with E-state index in [4.69, 9.17) is 4.42 Å². The van der Waals surface area contributed by atoms with Crippen molar-refractivity contribution >= 4 is 27.4 Å². The first-order chi connectivity index (χ1) is 9.49. The average molecular weight is 271 g/mol. The van der Waals surface area contributed by atoms with Crippen molar-refractivity contribution in [1.82, 2.24) is 0 Å². The molecular weight excluding hydrogens is 262 g/mol. The molecule has 0 amide bonds. The van der Waals surface area contributed by atoms with E-state index < -0.39 is 16.3 Å². The highest BCUT2D eigenvalue weighted by Crippen LogP contribution is 2.39. The molecule has 0 aliphatic carbocycles. The van der Waals surface area contributed by atoms with Crippen LogP contribution >= 0.6 is 0 Å². The topological polar surface area (TPSA) is 93.6 Å². The third kappa shape index (κ3) is 1.62. The van der Waals surface area contributed by atoms with Gasteiger partial charge in [-0.25, -0.2) is 4.79 Å². The van der Waals surface area contributed by atoms with Crippen LogP contribution in [0.1, 0.15) is 5.56 Å². The lowest BCUT2D eigenvalue weighted by molar-refractivity contribution is -0.384. The summed E-state index contributed by atoms with van der Waals surface area (Å²) in [5, 5.41) is 22.3. The molecule has 0 unspecified atom stereocenters. The molecule has 0 saturated carbocycles. The minimum absolute atomic E-state index is 0.260. The maximum atomic E-state index is 11.4. The Kier molecular flexibility index (Phi) is 2.47. The number of nitro groups is 1. The molecule has 3 aromatic rings. The third-order valence-electron chi connectivity index (χ3n) is 3.22. The third-order valence-corrected chi connectivity index (χ3v) is 3.22. The van der Waals surface area contributed by atoms with Gasteiger partial charge in [-0.1, -0.05) is 12.1 Å². The SMILES string of the molecule is Cc1cc(=O)oc2ccc3ccc(O)c([N+](=O)[O-])c3c12. The minimum atomic E-state index is -0.637. The summed E-state index contributed by atoms with van der Waals surface area (Å²) in [5.41, 5.74) is -0.0750. The molecule has 100 valence electrons. The molecule has 1 aromatic heterocycles. The minimum Gasteiger partial charge on any atom is -0.502 e. The zero-order valence-corrected chi connectivity index (χ0v) is 10.4. The van der Waals surface area contributed by atoms with Crippen LogP contribution in [-0.4, -0.2) is 10.0 Å². The fraction of sp³-hybridized carbons (Fsp3) is 0.0714. The summed E-state index contributed by atoms with van der Waals surface area (Å²) in [6.07, 6.45) is 0. The molecule has 20 heavy (non-hydrogen) atoms. The van der Waals surface area contributed by atoms with E-state index in [0.29, 0.717) is 16.3 Å². The van der Waals surface area contributed by atoms with Gasteiger partial charge in [-0.3, -0.25) is 10.1 Å². The molecule has 0 radical (unpaired) electrons. The maximum Gasteiger partial charge on any atom is 0.336 e. The quantitative estimate of drug-likeness (QED) is 0.318. The molecule has 6 nitrogen and oxygen atoms in total. The van der Waals surface area contributed by atoms with Crippen LogP contribution in [0.15, 0.2) is 39.5 Å². The van der Waals surface area contributed by atoms with Gasteiger partial charge in [0.2, 0.25) is 0 Å². The Morgan fingerprint density at radius 3 is 2.60 bits per heavy atom. The zero-order chi connectivity index (χ0) is 14.4. The smallest absolute Gasteiger partial charge is 0.336 e. The molecule has 0 fully saturated rings. The van der Waals surface area contributed by atoms with E-state index in [-0.39, 0.29) is 16.7 Å². The van der Waals surface area contributed by atoms with Crippen LogP contribution < -0.4 is 5.63 Å². The van der Waals surface area contributed by atoms with Crippen LogP contribution in [-0.2, 0) is 0 Å². The van der Waals surface area contributed by atoms with Gasteiger partial charge in [-0.15, -0.1) is 0 Å². The number of nitro benzene ring substituents is 1. The van der Waals surface area contributed by atoms with E-state index in [0.717, 1.165) is 0 Å². The lowest BCUT2D eigenvalue weighted by Gasteiger charge is -2.07. The van der Waals surface area contributed by atoms with Gasteiger partial charge in [-0.05, 0) is 30.0 Å². The second-order valence-electron chi connectivity index (χ2n) is 4.48. The Balaban J connectivity index is 2.68. The van der Waals surface area contributed by atoms with Gasteiger partial charge in [0.15, 0.2) is 5.75 Å². The highest BCUT2D eigenvalue weighted by atomic mass is 16.6. The number of fused-ring (bicyclic) bond motifs is 3. The van der Waals surface area contributed by atoms with Crippen LogP contribution in [0.25, 0.3) is 21.7 Å². The first-order valence-electron chi connectivity index (χ1n) is 5.82. The number of hydrogen-bond donors (Lipinski definition) is 1. The standard InChI is InChI=1S/C14H9NO5/c1-7-6-11(17)20-10-5-3-8-2-4-9(16)14(15(18)19)13(8)12(7)10/h2-6,16H,1H3. The van der Waals surface area contributed by atoms with E-state index in [2.05, 4.69) is 0 Å². The molecule has 0 aliphatic rings. The number of aromatic hydroxyl groups is 1. The van der Waals surface area contributed by atoms with Crippen LogP contribution in [0, 0.1) is 17.0 Å². The lowest BCUT2D eigenvalue weighted by atomic mass is 10.0. The van der Waals surface area contributed by atoms with Gasteiger partial charge in [0.1, 0.15) is 5.58 Å². The van der Waals surface area contributed by atoms with Crippen molar-refractivity contribution < 1.29 is 14.4 Å². The molecular formula is C14H9NO5. The number of benzene rings is 2. The number of phenolic OH excluding ortho intramolecular Hbond substituents is 1. The van der Waals surface area contributed by atoms with Crippen molar-refractivity contribution in [3.63, 3.8) is 0 Å². The first kappa shape index (κ1) is 12.2. The summed E-state index contributed by atoms with van der Waals surface area (Å²) in [6.45, 7) is 1.67. The Labute approximate surface area is 112 Å². The zero-order valence-electron chi connectivity index (χ0n) is 10.4. The normalized spacial score (nSPS) is 11.1. The average Bonchev–Trinajstić information content (AvgIpc) is 2.36. The van der Waals surface area contributed by atoms with Crippen LogP contribution in [0.2, 0.25) is 0 Å². The second-order valence-corrected chi connectivity index (χ2v) is 4.48. The lowest BCUT2D eigenvalue weighted by Crippen LogP contribution is -1.99. The molecule has 0 atom stereocenters. The van der Waals surface area contributed by atoms with Crippen molar-refractivity contribution in [2.45, 2.75) is 6.92 Å². The van der Waals surface area contributed by atoms with Gasteiger partial charge in [0, 0.05) is 11.5 Å².